The zero-order chi connectivity index (χ0) is 26.7. The lowest BCUT2D eigenvalue weighted by atomic mass is 9.93. The lowest BCUT2D eigenvalue weighted by Gasteiger charge is -2.36. The number of benzene rings is 1. The fourth-order valence-electron chi connectivity index (χ4n) is 4.40. The maximum atomic E-state index is 9.49. The van der Waals surface area contributed by atoms with Crippen molar-refractivity contribution in [2.24, 2.45) is 0 Å². The smallest absolute Gasteiger partial charge is 0.227 e. The highest BCUT2D eigenvalue weighted by Gasteiger charge is 2.26. The second-order valence-electron chi connectivity index (χ2n) is 10.4. The highest BCUT2D eigenvalue weighted by Crippen LogP contribution is 2.27. The molecule has 1 aromatic carbocycles. The van der Waals surface area contributed by atoms with Crippen LogP contribution in [0.1, 0.15) is 48.4 Å². The predicted molar refractivity (Wildman–Crippen MR) is 149 cm³/mol. The van der Waals surface area contributed by atoms with Gasteiger partial charge in [-0.15, -0.1) is 21.5 Å². The second kappa shape index (κ2) is 10.8. The summed E-state index contributed by atoms with van der Waals surface area (Å²) in [5.74, 6) is 3.11. The molecule has 4 heterocycles. The standard InChI is InChI=1S/C28H32N8OS/c1-20-7-5-9-22(15-20)37-18-24-32-33-27(36(24)17-25-31-23(19-38-25)28(2,3)4)35-13-11-34(12-14-35)26-21(16-29)8-6-10-30-26/h5-10,15,19H,11-14,17-18H2,1-4H3. The minimum absolute atomic E-state index is 0.00798. The van der Waals surface area contributed by atoms with Crippen LogP contribution in [0.25, 0.3) is 0 Å². The van der Waals surface area contributed by atoms with Crippen molar-refractivity contribution in [3.63, 3.8) is 0 Å². The topological polar surface area (TPSA) is 96.0 Å². The fraction of sp³-hybridized carbons (Fsp3) is 0.393. The van der Waals surface area contributed by atoms with E-state index in [1.54, 1.807) is 23.6 Å². The molecule has 0 radical (unpaired) electrons. The highest BCUT2D eigenvalue weighted by atomic mass is 32.1. The van der Waals surface area contributed by atoms with Gasteiger partial charge in [-0.2, -0.15) is 5.26 Å². The Morgan fingerprint density at radius 3 is 2.55 bits per heavy atom. The van der Waals surface area contributed by atoms with Gasteiger partial charge in [0.15, 0.2) is 5.82 Å². The van der Waals surface area contributed by atoms with Crippen LogP contribution in [-0.4, -0.2) is 50.9 Å². The van der Waals surface area contributed by atoms with Gasteiger partial charge in [-0.25, -0.2) is 9.97 Å². The maximum Gasteiger partial charge on any atom is 0.227 e. The Balaban J connectivity index is 1.38. The molecule has 0 saturated carbocycles. The summed E-state index contributed by atoms with van der Waals surface area (Å²) in [7, 11) is 0. The molecule has 0 N–H and O–H groups in total. The zero-order valence-electron chi connectivity index (χ0n) is 22.3. The van der Waals surface area contributed by atoms with Crippen LogP contribution in [0.3, 0.4) is 0 Å². The normalized spacial score (nSPS) is 14.0. The molecule has 10 heteroatoms. The molecule has 0 bridgehead atoms. The molecule has 9 nitrogen and oxygen atoms in total. The number of pyridine rings is 1. The molecule has 0 atom stereocenters. The molecule has 0 aliphatic carbocycles. The van der Waals surface area contributed by atoms with Crippen LogP contribution in [0.4, 0.5) is 11.8 Å². The summed E-state index contributed by atoms with van der Waals surface area (Å²) in [6.07, 6.45) is 1.74. The molecule has 38 heavy (non-hydrogen) atoms. The van der Waals surface area contributed by atoms with Crippen LogP contribution in [0, 0.1) is 18.3 Å². The molecule has 4 aromatic rings. The van der Waals surface area contributed by atoms with E-state index < -0.39 is 0 Å². The van der Waals surface area contributed by atoms with Crippen LogP contribution >= 0.6 is 11.3 Å². The zero-order valence-corrected chi connectivity index (χ0v) is 23.1. The van der Waals surface area contributed by atoms with Crippen molar-refractivity contribution in [3.8, 4) is 11.8 Å². The van der Waals surface area contributed by atoms with Crippen molar-refractivity contribution < 1.29 is 4.74 Å². The van der Waals surface area contributed by atoms with E-state index in [1.807, 2.05) is 37.3 Å². The van der Waals surface area contributed by atoms with Gasteiger partial charge >= 0.3 is 0 Å². The molecule has 0 spiro atoms. The number of hydrogen-bond acceptors (Lipinski definition) is 9. The number of ether oxygens (including phenoxy) is 1. The predicted octanol–water partition coefficient (Wildman–Crippen LogP) is 4.56. The average molecular weight is 529 g/mol. The molecular formula is C28H32N8OS. The minimum atomic E-state index is -0.00798. The largest absolute Gasteiger partial charge is 0.486 e. The molecule has 1 fully saturated rings. The van der Waals surface area contributed by atoms with E-state index in [0.717, 1.165) is 65.8 Å². The minimum Gasteiger partial charge on any atom is -0.486 e. The molecule has 1 aliphatic rings. The molecular weight excluding hydrogens is 496 g/mol. The molecule has 3 aromatic heterocycles. The van der Waals surface area contributed by atoms with Crippen LogP contribution < -0.4 is 14.5 Å². The summed E-state index contributed by atoms with van der Waals surface area (Å²) in [6.45, 7) is 12.4. The van der Waals surface area contributed by atoms with E-state index >= 15 is 0 Å². The summed E-state index contributed by atoms with van der Waals surface area (Å²) in [5, 5.41) is 21.8. The van der Waals surface area contributed by atoms with Gasteiger partial charge in [0.05, 0.1) is 17.8 Å². The van der Waals surface area contributed by atoms with Crippen LogP contribution in [0.15, 0.2) is 48.0 Å². The van der Waals surface area contributed by atoms with Crippen molar-refractivity contribution >= 4 is 23.1 Å². The van der Waals surface area contributed by atoms with Gasteiger partial charge in [-0.3, -0.25) is 4.57 Å². The Hall–Kier alpha value is -3.97. The molecule has 0 amide bonds. The number of aromatic nitrogens is 5. The van der Waals surface area contributed by atoms with Crippen molar-refractivity contribution in [3.05, 3.63) is 75.6 Å². The second-order valence-corrected chi connectivity index (χ2v) is 11.4. The summed E-state index contributed by atoms with van der Waals surface area (Å²) in [5.41, 5.74) is 2.82. The summed E-state index contributed by atoms with van der Waals surface area (Å²) >= 11 is 1.66. The Bertz CT molecular complexity index is 1440. The molecule has 5 rings (SSSR count). The molecule has 1 saturated heterocycles. The van der Waals surface area contributed by atoms with E-state index in [0.29, 0.717) is 18.7 Å². The first-order valence-electron chi connectivity index (χ1n) is 12.7. The van der Waals surface area contributed by atoms with Gasteiger partial charge in [0.25, 0.3) is 0 Å². The van der Waals surface area contributed by atoms with Gasteiger partial charge < -0.3 is 14.5 Å². The highest BCUT2D eigenvalue weighted by molar-refractivity contribution is 7.09. The van der Waals surface area contributed by atoms with Gasteiger partial charge in [0.2, 0.25) is 5.95 Å². The SMILES string of the molecule is Cc1cccc(OCc2nnc(N3CCN(c4ncccc4C#N)CC3)n2Cc2nc(C(C)(C)C)cs2)c1. The molecule has 196 valence electrons. The third kappa shape index (κ3) is 5.63. The van der Waals surface area contributed by atoms with Crippen LogP contribution in [0.2, 0.25) is 0 Å². The molecule has 1 aliphatic heterocycles. The lowest BCUT2D eigenvalue weighted by Crippen LogP contribution is -2.48. The summed E-state index contributed by atoms with van der Waals surface area (Å²) in [4.78, 5) is 13.8. The number of thiazole rings is 1. The Morgan fingerprint density at radius 2 is 1.84 bits per heavy atom. The molecule has 0 unspecified atom stereocenters. The average Bonchev–Trinajstić information content (AvgIpc) is 3.55. The lowest BCUT2D eigenvalue weighted by molar-refractivity contribution is 0.290. The Kier molecular flexibility index (Phi) is 7.29. The summed E-state index contributed by atoms with van der Waals surface area (Å²) in [6, 6.07) is 13.9. The fourth-order valence-corrected chi connectivity index (χ4v) is 5.41. The van der Waals surface area contributed by atoms with Gasteiger partial charge in [-0.05, 0) is 36.8 Å². The van der Waals surface area contributed by atoms with E-state index in [-0.39, 0.29) is 5.41 Å². The quantitative estimate of drug-likeness (QED) is 0.344. The Morgan fingerprint density at radius 1 is 1.05 bits per heavy atom. The summed E-state index contributed by atoms with van der Waals surface area (Å²) < 4.78 is 8.23. The van der Waals surface area contributed by atoms with Crippen molar-refractivity contribution in [1.29, 1.82) is 5.26 Å². The number of anilines is 2. The van der Waals surface area contributed by atoms with E-state index in [9.17, 15) is 5.26 Å². The van der Waals surface area contributed by atoms with E-state index in [1.165, 1.54) is 0 Å². The first-order valence-corrected chi connectivity index (χ1v) is 13.6. The number of nitriles is 1. The number of piperazine rings is 1. The van der Waals surface area contributed by atoms with Crippen molar-refractivity contribution in [1.82, 2.24) is 24.7 Å². The number of hydrogen-bond donors (Lipinski definition) is 0. The first kappa shape index (κ1) is 25.7. The number of nitrogens with zero attached hydrogens (tertiary/aromatic N) is 8. The van der Waals surface area contributed by atoms with Gasteiger partial charge in [-0.1, -0.05) is 32.9 Å². The van der Waals surface area contributed by atoms with Gasteiger partial charge in [0.1, 0.15) is 29.3 Å². The maximum absolute atomic E-state index is 9.49. The Labute approximate surface area is 227 Å². The number of aryl methyl sites for hydroxylation is 1. The monoisotopic (exact) mass is 528 g/mol. The third-order valence-electron chi connectivity index (χ3n) is 6.55. The number of rotatable bonds is 7. The van der Waals surface area contributed by atoms with E-state index in [4.69, 9.17) is 9.72 Å². The van der Waals surface area contributed by atoms with Crippen molar-refractivity contribution in [2.45, 2.75) is 46.3 Å². The van der Waals surface area contributed by atoms with Gasteiger partial charge in [0, 0.05) is 43.2 Å². The van der Waals surface area contributed by atoms with Crippen LogP contribution in [-0.2, 0) is 18.6 Å². The third-order valence-corrected chi connectivity index (χ3v) is 7.38. The first-order chi connectivity index (χ1) is 18.3. The van der Waals surface area contributed by atoms with E-state index in [2.05, 4.69) is 61.8 Å². The van der Waals surface area contributed by atoms with Crippen LogP contribution in [0.5, 0.6) is 5.75 Å². The van der Waals surface area contributed by atoms with Crippen molar-refractivity contribution in [2.75, 3.05) is 36.0 Å².